The molecule has 2 saturated heterocycles. The lowest BCUT2D eigenvalue weighted by Crippen LogP contribution is -2.67. The molecule has 0 bridgehead atoms. The van der Waals surface area contributed by atoms with Crippen molar-refractivity contribution in [2.24, 2.45) is 5.84 Å². The fourth-order valence-electron chi connectivity index (χ4n) is 5.95. The quantitative estimate of drug-likeness (QED) is 0.0224. The highest BCUT2D eigenvalue weighted by atomic mass is 16.7. The summed E-state index contributed by atoms with van der Waals surface area (Å²) in [5.41, 5.74) is 2.43. The zero-order valence-corrected chi connectivity index (χ0v) is 31.2. The summed E-state index contributed by atoms with van der Waals surface area (Å²) in [6, 6.07) is -2.19. The van der Waals surface area contributed by atoms with Crippen molar-refractivity contribution in [3.63, 3.8) is 0 Å². The van der Waals surface area contributed by atoms with Crippen molar-refractivity contribution in [3.05, 3.63) is 11.9 Å². The number of nitrogens with one attached hydrogen (secondary N) is 5. The third kappa shape index (κ3) is 14.2. The van der Waals surface area contributed by atoms with Crippen LogP contribution in [0.5, 0.6) is 0 Å². The average Bonchev–Trinajstić information content (AvgIpc) is 3.63. The van der Waals surface area contributed by atoms with Gasteiger partial charge in [-0.25, -0.2) is 10.5 Å². The molecule has 318 valence electrons. The van der Waals surface area contributed by atoms with Crippen molar-refractivity contribution in [3.8, 4) is 0 Å². The molecule has 0 saturated carbocycles. The van der Waals surface area contributed by atoms with E-state index in [1.807, 2.05) is 5.43 Å². The zero-order valence-electron chi connectivity index (χ0n) is 31.2. The molecule has 3 rings (SSSR count). The number of nitrogens with two attached hydrogens (primary N) is 1. The van der Waals surface area contributed by atoms with E-state index >= 15 is 0 Å². The minimum atomic E-state index is -1.80. The zero-order chi connectivity index (χ0) is 41.4. The SMILES string of the molecule is CC(=O)NC(CCC(=O)NCc1cn(CCO[C@@H]2O[C@H](CO)[C@@H](O[C@@H]3O[C@H](CO)[C@H](O)[C@H](O)[C@H]3O)[C@H](O)[C@H]2NC(C)=O)nn1)C(=O)NCCCCCC(=O)NN. The summed E-state index contributed by atoms with van der Waals surface area (Å²) in [6.07, 6.45) is -10.2. The molecule has 2 aliphatic rings. The van der Waals surface area contributed by atoms with E-state index < -0.39 is 104 Å². The number of unbranched alkanes of at least 4 members (excludes halogenated alkanes) is 2. The number of aliphatic hydroxyl groups excluding tert-OH is 6. The van der Waals surface area contributed by atoms with Crippen LogP contribution in [0, 0.1) is 0 Å². The lowest BCUT2D eigenvalue weighted by molar-refractivity contribution is -0.348. The summed E-state index contributed by atoms with van der Waals surface area (Å²) in [6.45, 7) is 1.31. The Kier molecular flexibility index (Phi) is 19.3. The number of rotatable bonds is 22. The molecule has 0 spiro atoms. The van der Waals surface area contributed by atoms with E-state index in [-0.39, 0.29) is 44.9 Å². The first kappa shape index (κ1) is 46.4. The third-order valence-corrected chi connectivity index (χ3v) is 8.91. The van der Waals surface area contributed by atoms with Crippen molar-refractivity contribution < 1.29 is 73.6 Å². The van der Waals surface area contributed by atoms with Gasteiger partial charge in [0.15, 0.2) is 12.6 Å². The predicted molar refractivity (Wildman–Crippen MR) is 186 cm³/mol. The van der Waals surface area contributed by atoms with Gasteiger partial charge >= 0.3 is 0 Å². The Hall–Kier alpha value is -3.95. The molecule has 0 aromatic carbocycles. The molecule has 13 N–H and O–H groups in total. The minimum absolute atomic E-state index is 0.00455. The van der Waals surface area contributed by atoms with Crippen LogP contribution in [0.1, 0.15) is 58.1 Å². The van der Waals surface area contributed by atoms with Gasteiger partial charge in [-0.1, -0.05) is 11.6 Å². The van der Waals surface area contributed by atoms with E-state index in [4.69, 9.17) is 24.8 Å². The Morgan fingerprint density at radius 2 is 1.59 bits per heavy atom. The third-order valence-electron chi connectivity index (χ3n) is 8.91. The summed E-state index contributed by atoms with van der Waals surface area (Å²) in [5.74, 6) is 2.91. The van der Waals surface area contributed by atoms with Crippen molar-refractivity contribution in [1.29, 1.82) is 0 Å². The van der Waals surface area contributed by atoms with Crippen LogP contribution in [-0.2, 0) is 56.0 Å². The molecule has 1 unspecified atom stereocenters. The lowest BCUT2D eigenvalue weighted by Gasteiger charge is -2.47. The van der Waals surface area contributed by atoms with E-state index in [0.717, 1.165) is 0 Å². The number of aromatic nitrogens is 3. The van der Waals surface area contributed by atoms with Crippen LogP contribution in [-0.4, -0.2) is 169 Å². The fraction of sp³-hybridized carbons (Fsp3) is 0.781. The van der Waals surface area contributed by atoms with Crippen molar-refractivity contribution >= 4 is 29.5 Å². The number of aliphatic hydroxyl groups is 6. The number of amides is 5. The Bertz CT molecular complexity index is 1420. The number of hydrogen-bond donors (Lipinski definition) is 12. The monoisotopic (exact) mass is 805 g/mol. The lowest BCUT2D eigenvalue weighted by atomic mass is 9.95. The Balaban J connectivity index is 1.47. The largest absolute Gasteiger partial charge is 0.394 e. The number of hydrogen-bond acceptors (Lipinski definition) is 18. The normalized spacial score (nSPS) is 28.2. The summed E-state index contributed by atoms with van der Waals surface area (Å²) < 4.78 is 24.0. The van der Waals surface area contributed by atoms with Gasteiger partial charge in [-0.2, -0.15) is 0 Å². The Morgan fingerprint density at radius 3 is 2.25 bits per heavy atom. The second-order valence-electron chi connectivity index (χ2n) is 13.3. The number of nitrogens with zero attached hydrogens (tertiary/aromatic N) is 3. The van der Waals surface area contributed by atoms with Crippen molar-refractivity contribution in [2.45, 2.75) is 133 Å². The molecular formula is C32H55N9O15. The van der Waals surface area contributed by atoms with Crippen LogP contribution >= 0.6 is 0 Å². The molecule has 24 heteroatoms. The van der Waals surface area contributed by atoms with Gasteiger partial charge in [-0.15, -0.1) is 5.10 Å². The highest BCUT2D eigenvalue weighted by Crippen LogP contribution is 2.29. The summed E-state index contributed by atoms with van der Waals surface area (Å²) >= 11 is 0. The predicted octanol–water partition coefficient (Wildman–Crippen LogP) is -6.37. The van der Waals surface area contributed by atoms with E-state index in [9.17, 15) is 54.6 Å². The van der Waals surface area contributed by atoms with E-state index in [1.165, 1.54) is 24.7 Å². The molecule has 11 atom stereocenters. The second kappa shape index (κ2) is 23.3. The highest BCUT2D eigenvalue weighted by molar-refractivity contribution is 5.87. The number of hydrazine groups is 1. The molecule has 56 heavy (non-hydrogen) atoms. The Morgan fingerprint density at radius 1 is 0.875 bits per heavy atom. The molecule has 24 nitrogen and oxygen atoms in total. The van der Waals surface area contributed by atoms with Crippen molar-refractivity contribution in [1.82, 2.24) is 41.7 Å². The van der Waals surface area contributed by atoms with Crippen LogP contribution in [0.2, 0.25) is 0 Å². The first-order chi connectivity index (χ1) is 26.7. The highest BCUT2D eigenvalue weighted by Gasteiger charge is 2.51. The smallest absolute Gasteiger partial charge is 0.242 e. The molecular weight excluding hydrogens is 750 g/mol. The topological polar surface area (TPSA) is 361 Å². The Labute approximate surface area is 321 Å². The molecule has 5 amide bonds. The fourth-order valence-corrected chi connectivity index (χ4v) is 5.95. The second-order valence-corrected chi connectivity index (χ2v) is 13.3. The maximum atomic E-state index is 12.6. The van der Waals surface area contributed by atoms with Gasteiger partial charge in [-0.3, -0.25) is 29.4 Å². The van der Waals surface area contributed by atoms with Crippen LogP contribution in [0.4, 0.5) is 0 Å². The molecule has 0 aliphatic carbocycles. The molecule has 0 radical (unpaired) electrons. The van der Waals surface area contributed by atoms with Gasteiger partial charge in [0.2, 0.25) is 29.5 Å². The maximum Gasteiger partial charge on any atom is 0.242 e. The van der Waals surface area contributed by atoms with Crippen LogP contribution in [0.15, 0.2) is 6.20 Å². The molecule has 2 fully saturated rings. The van der Waals surface area contributed by atoms with E-state index in [0.29, 0.717) is 31.5 Å². The summed E-state index contributed by atoms with van der Waals surface area (Å²) in [5, 5.41) is 79.8. The first-order valence-electron chi connectivity index (χ1n) is 18.2. The van der Waals surface area contributed by atoms with Gasteiger partial charge in [0.1, 0.15) is 60.5 Å². The molecule has 1 aromatic heterocycles. The van der Waals surface area contributed by atoms with E-state index in [2.05, 4.69) is 31.6 Å². The van der Waals surface area contributed by atoms with Gasteiger partial charge in [0, 0.05) is 33.2 Å². The van der Waals surface area contributed by atoms with Crippen LogP contribution < -0.4 is 32.5 Å². The van der Waals surface area contributed by atoms with Crippen LogP contribution in [0.25, 0.3) is 0 Å². The van der Waals surface area contributed by atoms with Gasteiger partial charge in [0.25, 0.3) is 0 Å². The van der Waals surface area contributed by atoms with Gasteiger partial charge < -0.3 is 70.9 Å². The molecule has 3 heterocycles. The first-order valence-corrected chi connectivity index (χ1v) is 18.2. The van der Waals surface area contributed by atoms with Crippen LogP contribution in [0.3, 0.4) is 0 Å². The maximum absolute atomic E-state index is 12.6. The van der Waals surface area contributed by atoms with Gasteiger partial charge in [-0.05, 0) is 19.3 Å². The van der Waals surface area contributed by atoms with Gasteiger partial charge in [0.05, 0.1) is 39.1 Å². The number of ether oxygens (including phenoxy) is 4. The minimum Gasteiger partial charge on any atom is -0.394 e. The number of carbonyl (C=O) groups excluding carboxylic acids is 5. The molecule has 1 aromatic rings. The standard InChI is InChI=1S/C32H55N9O15/c1-16(44)36-19(30(52)34-9-5-3-4-6-23(47)38-33)7-8-22(46)35-12-18-13-41(40-39-18)10-11-53-31-24(37-17(2)45)26(49)29(21(15-43)55-31)56-32-28(51)27(50)25(48)20(14-42)54-32/h13,19-21,24-29,31-32,42-43,48-51H,3-12,14-15,33H2,1-2H3,(H,34,52)(H,35,46)(H,36,44)(H,37,45)(H,38,47)/t19?,20-,21-,24-,25+,26-,27+,28-,29-,31-,32+/m1/s1. The summed E-state index contributed by atoms with van der Waals surface area (Å²) in [4.78, 5) is 60.1. The number of carbonyl (C=O) groups is 5. The molecule has 2 aliphatic heterocycles. The van der Waals surface area contributed by atoms with Crippen molar-refractivity contribution in [2.75, 3.05) is 26.4 Å². The average molecular weight is 806 g/mol. The van der Waals surface area contributed by atoms with E-state index in [1.54, 1.807) is 0 Å². The summed E-state index contributed by atoms with van der Waals surface area (Å²) in [7, 11) is 0.